The van der Waals surface area contributed by atoms with Crippen LogP contribution in [-0.2, 0) is 9.53 Å². The number of carbonyl (C=O) groups excluding carboxylic acids is 2. The highest BCUT2D eigenvalue weighted by molar-refractivity contribution is 5.79. The van der Waals surface area contributed by atoms with Crippen molar-refractivity contribution in [2.24, 2.45) is 5.92 Å². The Bertz CT molecular complexity index is 370. The van der Waals surface area contributed by atoms with Crippen LogP contribution in [0.4, 0.5) is 4.79 Å². The van der Waals surface area contributed by atoms with Crippen molar-refractivity contribution in [3.05, 3.63) is 12.7 Å². The lowest BCUT2D eigenvalue weighted by Crippen LogP contribution is -2.48. The fourth-order valence-electron chi connectivity index (χ4n) is 2.62. The number of hydrogen-bond acceptors (Lipinski definition) is 3. The molecule has 0 aromatic rings. The number of ether oxygens (including phenoxy) is 1. The Morgan fingerprint density at radius 2 is 2.11 bits per heavy atom. The van der Waals surface area contributed by atoms with E-state index < -0.39 is 11.7 Å². The molecule has 1 unspecified atom stereocenters. The normalized spacial score (nSPS) is 26.8. The predicted octanol–water partition coefficient (Wildman–Crippen LogP) is 3.22. The predicted molar refractivity (Wildman–Crippen MR) is 74.9 cm³/mol. The molecule has 19 heavy (non-hydrogen) atoms. The number of rotatable bonds is 4. The Morgan fingerprint density at radius 1 is 1.47 bits per heavy atom. The SMILES string of the molecule is C=CCC1(NC(=O)OC(C)(C)C)CC[C@@H](C(C)=O)C1. The van der Waals surface area contributed by atoms with Crippen LogP contribution >= 0.6 is 0 Å². The van der Waals surface area contributed by atoms with E-state index in [0.717, 1.165) is 12.8 Å². The molecule has 0 aliphatic heterocycles. The van der Waals surface area contributed by atoms with Crippen LogP contribution in [0.1, 0.15) is 53.4 Å². The molecule has 0 bridgehead atoms. The molecular formula is C15H25NO3. The number of Topliss-reactive ketones (excluding diaryl/α,β-unsaturated/α-hetero) is 1. The molecule has 108 valence electrons. The minimum absolute atomic E-state index is 0.0369. The smallest absolute Gasteiger partial charge is 0.408 e. The van der Waals surface area contributed by atoms with E-state index in [1.54, 1.807) is 13.0 Å². The molecule has 1 N–H and O–H groups in total. The van der Waals surface area contributed by atoms with Gasteiger partial charge >= 0.3 is 6.09 Å². The van der Waals surface area contributed by atoms with Gasteiger partial charge in [-0.2, -0.15) is 0 Å². The molecule has 0 radical (unpaired) electrons. The molecule has 1 saturated carbocycles. The number of hydrogen-bond donors (Lipinski definition) is 1. The van der Waals surface area contributed by atoms with Crippen molar-refractivity contribution in [2.75, 3.05) is 0 Å². The minimum atomic E-state index is -0.516. The van der Waals surface area contributed by atoms with Gasteiger partial charge in [-0.25, -0.2) is 4.79 Å². The van der Waals surface area contributed by atoms with Crippen LogP contribution in [0.3, 0.4) is 0 Å². The van der Waals surface area contributed by atoms with Crippen molar-refractivity contribution in [1.82, 2.24) is 5.32 Å². The standard InChI is InChI=1S/C15H25NO3/c1-6-8-15(9-7-12(10-15)11(2)17)16-13(18)19-14(3,4)5/h6,12H,1,7-10H2,2-5H3,(H,16,18)/t12-,15?/m1/s1. The summed E-state index contributed by atoms with van der Waals surface area (Å²) in [5.74, 6) is 0.229. The van der Waals surface area contributed by atoms with Gasteiger partial charge in [-0.1, -0.05) is 6.08 Å². The number of ketones is 1. The largest absolute Gasteiger partial charge is 0.444 e. The Balaban J connectivity index is 2.71. The average molecular weight is 267 g/mol. The highest BCUT2D eigenvalue weighted by Crippen LogP contribution is 2.38. The summed E-state index contributed by atoms with van der Waals surface area (Å²) in [5, 5.41) is 2.95. The quantitative estimate of drug-likeness (QED) is 0.796. The van der Waals surface area contributed by atoms with E-state index in [-0.39, 0.29) is 17.2 Å². The second kappa shape index (κ2) is 5.76. The molecule has 1 rings (SSSR count). The van der Waals surface area contributed by atoms with E-state index in [1.165, 1.54) is 0 Å². The van der Waals surface area contributed by atoms with Crippen LogP contribution in [0.5, 0.6) is 0 Å². The molecule has 2 atom stereocenters. The van der Waals surface area contributed by atoms with E-state index in [4.69, 9.17) is 4.74 Å². The third-order valence-electron chi connectivity index (χ3n) is 3.48. The Morgan fingerprint density at radius 3 is 2.53 bits per heavy atom. The van der Waals surface area contributed by atoms with Gasteiger partial charge in [-0.05, 0) is 53.4 Å². The van der Waals surface area contributed by atoms with Crippen LogP contribution < -0.4 is 5.32 Å². The summed E-state index contributed by atoms with van der Waals surface area (Å²) in [6, 6.07) is 0. The molecular weight excluding hydrogens is 242 g/mol. The third-order valence-corrected chi connectivity index (χ3v) is 3.48. The number of alkyl carbamates (subject to hydrolysis) is 1. The molecule has 0 saturated heterocycles. The first kappa shape index (κ1) is 15.7. The second-order valence-corrected chi connectivity index (χ2v) is 6.45. The van der Waals surface area contributed by atoms with Crippen molar-refractivity contribution in [3.8, 4) is 0 Å². The lowest BCUT2D eigenvalue weighted by atomic mass is 9.91. The highest BCUT2D eigenvalue weighted by atomic mass is 16.6. The zero-order valence-corrected chi connectivity index (χ0v) is 12.4. The average Bonchev–Trinajstić information content (AvgIpc) is 2.59. The number of nitrogens with one attached hydrogen (secondary N) is 1. The van der Waals surface area contributed by atoms with Crippen molar-refractivity contribution in [3.63, 3.8) is 0 Å². The molecule has 0 heterocycles. The van der Waals surface area contributed by atoms with Gasteiger partial charge in [0.25, 0.3) is 0 Å². The minimum Gasteiger partial charge on any atom is -0.444 e. The summed E-state index contributed by atoms with van der Waals surface area (Å²) in [4.78, 5) is 23.4. The van der Waals surface area contributed by atoms with Crippen LogP contribution in [0.15, 0.2) is 12.7 Å². The first-order chi connectivity index (χ1) is 8.67. The summed E-state index contributed by atoms with van der Waals surface area (Å²) >= 11 is 0. The van der Waals surface area contributed by atoms with Gasteiger partial charge in [0.05, 0.1) is 0 Å². The lowest BCUT2D eigenvalue weighted by molar-refractivity contribution is -0.120. The highest BCUT2D eigenvalue weighted by Gasteiger charge is 2.41. The molecule has 1 amide bonds. The molecule has 4 nitrogen and oxygen atoms in total. The molecule has 1 aliphatic carbocycles. The summed E-state index contributed by atoms with van der Waals surface area (Å²) in [6.07, 6.45) is 4.32. The van der Waals surface area contributed by atoms with E-state index >= 15 is 0 Å². The summed E-state index contributed by atoms with van der Waals surface area (Å²) in [7, 11) is 0. The van der Waals surface area contributed by atoms with E-state index in [0.29, 0.717) is 12.8 Å². The topological polar surface area (TPSA) is 55.4 Å². The molecule has 4 heteroatoms. The number of carbonyl (C=O) groups is 2. The maximum absolute atomic E-state index is 11.9. The maximum atomic E-state index is 11.9. The van der Waals surface area contributed by atoms with Crippen molar-refractivity contribution < 1.29 is 14.3 Å². The van der Waals surface area contributed by atoms with Crippen molar-refractivity contribution in [2.45, 2.75) is 64.5 Å². The molecule has 1 aliphatic rings. The maximum Gasteiger partial charge on any atom is 0.408 e. The summed E-state index contributed by atoms with van der Waals surface area (Å²) in [5.41, 5.74) is -0.890. The monoisotopic (exact) mass is 267 g/mol. The van der Waals surface area contributed by atoms with Crippen LogP contribution in [-0.4, -0.2) is 23.0 Å². The fraction of sp³-hybridized carbons (Fsp3) is 0.733. The van der Waals surface area contributed by atoms with Gasteiger partial charge in [-0.3, -0.25) is 4.79 Å². The fourth-order valence-corrected chi connectivity index (χ4v) is 2.62. The third kappa shape index (κ3) is 4.69. The second-order valence-electron chi connectivity index (χ2n) is 6.45. The van der Waals surface area contributed by atoms with Gasteiger partial charge in [0.2, 0.25) is 0 Å². The molecule has 1 fully saturated rings. The molecule has 0 spiro atoms. The van der Waals surface area contributed by atoms with E-state index in [9.17, 15) is 9.59 Å². The van der Waals surface area contributed by atoms with E-state index in [1.807, 2.05) is 20.8 Å². The first-order valence-corrected chi connectivity index (χ1v) is 6.80. The molecule has 0 aromatic heterocycles. The van der Waals surface area contributed by atoms with E-state index in [2.05, 4.69) is 11.9 Å². The van der Waals surface area contributed by atoms with Gasteiger partial charge in [0.15, 0.2) is 0 Å². The van der Waals surface area contributed by atoms with Crippen LogP contribution in [0, 0.1) is 5.92 Å². The number of amides is 1. The Kier molecular flexibility index (Phi) is 4.77. The summed E-state index contributed by atoms with van der Waals surface area (Å²) < 4.78 is 5.30. The van der Waals surface area contributed by atoms with Crippen LogP contribution in [0.2, 0.25) is 0 Å². The van der Waals surface area contributed by atoms with Gasteiger partial charge in [-0.15, -0.1) is 6.58 Å². The van der Waals surface area contributed by atoms with Crippen molar-refractivity contribution >= 4 is 11.9 Å². The lowest BCUT2D eigenvalue weighted by Gasteiger charge is -2.31. The van der Waals surface area contributed by atoms with Crippen LogP contribution in [0.25, 0.3) is 0 Å². The zero-order chi connectivity index (χ0) is 14.7. The van der Waals surface area contributed by atoms with Gasteiger partial charge < -0.3 is 10.1 Å². The van der Waals surface area contributed by atoms with Crippen molar-refractivity contribution in [1.29, 1.82) is 0 Å². The zero-order valence-electron chi connectivity index (χ0n) is 12.4. The Hall–Kier alpha value is -1.32. The van der Waals surface area contributed by atoms with Gasteiger partial charge in [0.1, 0.15) is 11.4 Å². The van der Waals surface area contributed by atoms with Gasteiger partial charge in [0, 0.05) is 11.5 Å². The Labute approximate surface area is 115 Å². The molecule has 0 aromatic carbocycles. The summed E-state index contributed by atoms with van der Waals surface area (Å²) in [6.45, 7) is 10.9. The first-order valence-electron chi connectivity index (χ1n) is 6.80.